The third-order valence-corrected chi connectivity index (χ3v) is 14.1. The Bertz CT molecular complexity index is 1600. The van der Waals surface area contributed by atoms with E-state index in [1.54, 1.807) is 13.0 Å². The van der Waals surface area contributed by atoms with E-state index in [1.807, 2.05) is 25.1 Å². The van der Waals surface area contributed by atoms with E-state index in [-0.39, 0.29) is 24.0 Å². The third kappa shape index (κ3) is 9.36. The number of hydrogen-bond donors (Lipinski definition) is 2. The van der Waals surface area contributed by atoms with Crippen molar-refractivity contribution in [1.29, 1.82) is 0 Å². The Balaban J connectivity index is 0.000000825. The Morgan fingerprint density at radius 2 is 1.71 bits per heavy atom. The molecule has 0 spiro atoms. The quantitative estimate of drug-likeness (QED) is 0.317. The molecule has 5 aliphatic rings. The van der Waals surface area contributed by atoms with Crippen molar-refractivity contribution in [2.75, 3.05) is 50.9 Å². The molecule has 2 N–H and O–H groups in total. The maximum Gasteiger partial charge on any atom is 0.264 e. The van der Waals surface area contributed by atoms with Gasteiger partial charge in [0, 0.05) is 48.6 Å². The molecule has 0 aromatic heterocycles. The van der Waals surface area contributed by atoms with E-state index in [1.165, 1.54) is 11.1 Å². The fourth-order valence-electron chi connectivity index (χ4n) is 8.18. The molecule has 4 heterocycles. The van der Waals surface area contributed by atoms with Gasteiger partial charge in [-0.05, 0) is 105 Å². The minimum Gasteiger partial charge on any atom is -0.491 e. The number of rotatable bonds is 4. The van der Waals surface area contributed by atoms with Crippen LogP contribution in [0.4, 0.5) is 5.69 Å². The molecule has 282 valence electrons. The summed E-state index contributed by atoms with van der Waals surface area (Å²) in [5.41, 5.74) is 3.63. The Morgan fingerprint density at radius 1 is 0.941 bits per heavy atom. The Hall–Kier alpha value is -2.08. The number of nitrogens with one attached hydrogen (secondary N) is 2. The number of aryl methyl sites for hydroxylation is 1. The first-order valence-corrected chi connectivity index (χ1v) is 21.3. The summed E-state index contributed by atoms with van der Waals surface area (Å²) in [4.78, 5) is 15.8. The molecular weight excluding hydrogens is 709 g/mol. The fraction of sp³-hybridized carbons (Fsp3) is 0.667. The topological polar surface area (TPSA) is 106 Å². The van der Waals surface area contributed by atoms with Gasteiger partial charge in [-0.15, -0.1) is 11.6 Å². The van der Waals surface area contributed by atoms with E-state index in [9.17, 15) is 13.2 Å². The van der Waals surface area contributed by atoms with Crippen LogP contribution in [0.5, 0.6) is 5.75 Å². The number of carbonyl (C=O) groups excluding carboxylic acids is 1. The summed E-state index contributed by atoms with van der Waals surface area (Å²) >= 11 is 11.9. The summed E-state index contributed by atoms with van der Waals surface area (Å²) < 4.78 is 48.0. The van der Waals surface area contributed by atoms with Crippen LogP contribution in [0.15, 0.2) is 36.4 Å². The predicted molar refractivity (Wildman–Crippen MR) is 204 cm³/mol. The number of halogens is 2. The molecule has 9 nitrogen and oxygen atoms in total. The van der Waals surface area contributed by atoms with Gasteiger partial charge >= 0.3 is 0 Å². The molecule has 2 aromatic rings. The van der Waals surface area contributed by atoms with Crippen molar-refractivity contribution in [3.8, 4) is 5.75 Å². The van der Waals surface area contributed by atoms with E-state index in [0.717, 1.165) is 81.7 Å². The van der Waals surface area contributed by atoms with Gasteiger partial charge in [0.25, 0.3) is 5.91 Å². The van der Waals surface area contributed by atoms with Crippen molar-refractivity contribution in [1.82, 2.24) is 10.0 Å². The number of alkyl halides is 1. The molecule has 6 atom stereocenters. The molecule has 0 radical (unpaired) electrons. The molecule has 6 unspecified atom stereocenters. The molecule has 1 amide bonds. The highest BCUT2D eigenvalue weighted by Gasteiger charge is 2.43. The monoisotopic (exact) mass is 763 g/mol. The van der Waals surface area contributed by atoms with Crippen molar-refractivity contribution in [2.24, 2.45) is 23.7 Å². The first-order valence-electron chi connectivity index (χ1n) is 19.0. The van der Waals surface area contributed by atoms with Gasteiger partial charge in [0.05, 0.1) is 36.1 Å². The zero-order chi connectivity index (χ0) is 36.1. The van der Waals surface area contributed by atoms with Gasteiger partial charge in [0.15, 0.2) is 6.29 Å². The van der Waals surface area contributed by atoms with Gasteiger partial charge < -0.3 is 24.4 Å². The molecule has 1 aliphatic carbocycles. The van der Waals surface area contributed by atoms with E-state index in [4.69, 9.17) is 37.4 Å². The summed E-state index contributed by atoms with van der Waals surface area (Å²) in [7, 11) is -3.88. The summed E-state index contributed by atoms with van der Waals surface area (Å²) in [6, 6.07) is 11.5. The largest absolute Gasteiger partial charge is 0.491 e. The van der Waals surface area contributed by atoms with Crippen LogP contribution in [0.3, 0.4) is 0 Å². The molecule has 2 aromatic carbocycles. The summed E-state index contributed by atoms with van der Waals surface area (Å²) in [6.07, 6.45) is 7.44. The van der Waals surface area contributed by atoms with Crippen molar-refractivity contribution < 1.29 is 27.4 Å². The summed E-state index contributed by atoms with van der Waals surface area (Å²) in [5.74, 6) is 1.22. The lowest BCUT2D eigenvalue weighted by Gasteiger charge is -2.47. The van der Waals surface area contributed by atoms with Crippen LogP contribution in [0, 0.1) is 23.7 Å². The van der Waals surface area contributed by atoms with Gasteiger partial charge in [0.2, 0.25) is 10.0 Å². The molecule has 2 saturated heterocycles. The first-order chi connectivity index (χ1) is 24.5. The van der Waals surface area contributed by atoms with Crippen LogP contribution in [0.25, 0.3) is 0 Å². The van der Waals surface area contributed by atoms with Crippen LogP contribution in [0.2, 0.25) is 5.02 Å². The summed E-state index contributed by atoms with van der Waals surface area (Å²) in [5, 5.41) is 3.48. The number of fused-ring (bicyclic) bond motifs is 2. The van der Waals surface area contributed by atoms with E-state index in [0.29, 0.717) is 54.9 Å². The van der Waals surface area contributed by atoms with Crippen molar-refractivity contribution >= 4 is 44.8 Å². The van der Waals surface area contributed by atoms with Gasteiger partial charge in [-0.1, -0.05) is 44.4 Å². The van der Waals surface area contributed by atoms with Crippen LogP contribution in [-0.4, -0.2) is 77.2 Å². The number of nitrogens with zero attached hydrogens (tertiary/aromatic N) is 1. The zero-order valence-electron chi connectivity index (χ0n) is 30.3. The van der Waals surface area contributed by atoms with Crippen LogP contribution < -0.4 is 19.7 Å². The van der Waals surface area contributed by atoms with Gasteiger partial charge in [-0.2, -0.15) is 0 Å². The van der Waals surface area contributed by atoms with Crippen LogP contribution >= 0.6 is 23.2 Å². The second-order valence-electron chi connectivity index (χ2n) is 15.2. The first kappa shape index (κ1) is 38.6. The highest BCUT2D eigenvalue weighted by Crippen LogP contribution is 2.47. The third-order valence-electron chi connectivity index (χ3n) is 11.6. The van der Waals surface area contributed by atoms with Crippen molar-refractivity contribution in [3.05, 3.63) is 58.1 Å². The van der Waals surface area contributed by atoms with Gasteiger partial charge in [0.1, 0.15) is 5.75 Å². The maximum atomic E-state index is 13.4. The number of amides is 1. The highest BCUT2D eigenvalue weighted by atomic mass is 35.5. The van der Waals surface area contributed by atoms with Gasteiger partial charge in [-0.25, -0.2) is 13.1 Å². The average Bonchev–Trinajstić information content (AvgIpc) is 3.27. The SMILES string of the molecule is CCCc1cc(Cl)ccc1C1COc2ccc3cc2N(C1)CC1CCC1C(C1OCCCO1)CCCC(C)C(C)S(=O)(=O)NC3=O.ClC1CNC1. The molecular formula is C39H55Cl2N3O6S. The smallest absolute Gasteiger partial charge is 0.264 e. The lowest BCUT2D eigenvalue weighted by atomic mass is 9.65. The fourth-order valence-corrected chi connectivity index (χ4v) is 9.90. The normalized spacial score (nSPS) is 30.2. The molecule has 12 heteroatoms. The zero-order valence-corrected chi connectivity index (χ0v) is 32.6. The van der Waals surface area contributed by atoms with Crippen LogP contribution in [0.1, 0.15) is 93.1 Å². The number of ether oxygens (including phenoxy) is 3. The lowest BCUT2D eigenvalue weighted by molar-refractivity contribution is -0.224. The number of benzene rings is 2. The Morgan fingerprint density at radius 3 is 2.37 bits per heavy atom. The minimum atomic E-state index is -3.88. The lowest BCUT2D eigenvalue weighted by Crippen LogP contribution is -2.47. The molecule has 2 bridgehead atoms. The standard InChI is InChI=1S/C36H49ClN2O6S.C3H6ClN/c1-4-7-25-18-29(37)12-14-30(25)28-21-39-20-27-10-13-31(27)32(36-43-16-6-17-44-36)9-5-8-23(2)24(3)46(41,42)38-35(40)26-11-15-34(45-22-28)33(39)19-26;4-3-1-5-2-3/h11-12,14-15,18-19,23-24,27-28,31-32,36H,4-10,13,16-17,20-22H2,1-3H3,(H,38,40);3,5H,1-2H2. The Kier molecular flexibility index (Phi) is 13.2. The average molecular weight is 765 g/mol. The maximum absolute atomic E-state index is 13.4. The predicted octanol–water partition coefficient (Wildman–Crippen LogP) is 7.15. The van der Waals surface area contributed by atoms with Crippen molar-refractivity contribution in [2.45, 2.75) is 95.0 Å². The molecule has 51 heavy (non-hydrogen) atoms. The Labute approximate surface area is 314 Å². The van der Waals surface area contributed by atoms with E-state index >= 15 is 0 Å². The van der Waals surface area contributed by atoms with Crippen molar-refractivity contribution in [3.63, 3.8) is 0 Å². The number of anilines is 1. The summed E-state index contributed by atoms with van der Waals surface area (Å²) in [6.45, 7) is 11.3. The molecule has 7 rings (SSSR count). The number of carbonyl (C=O) groups is 1. The molecule has 4 aliphatic heterocycles. The second-order valence-corrected chi connectivity index (χ2v) is 18.3. The number of sulfonamides is 1. The van der Waals surface area contributed by atoms with Crippen LogP contribution in [-0.2, 0) is 25.9 Å². The second kappa shape index (κ2) is 17.4. The molecule has 1 saturated carbocycles. The van der Waals surface area contributed by atoms with E-state index < -0.39 is 21.2 Å². The van der Waals surface area contributed by atoms with Gasteiger partial charge in [-0.3, -0.25) is 4.79 Å². The van der Waals surface area contributed by atoms with E-state index in [2.05, 4.69) is 34.0 Å². The number of hydrogen-bond acceptors (Lipinski definition) is 8. The highest BCUT2D eigenvalue weighted by molar-refractivity contribution is 7.90. The minimum absolute atomic E-state index is 0.0936. The molecule has 3 fully saturated rings.